The molecule has 1 heterocycles. The van der Waals surface area contributed by atoms with Gasteiger partial charge < -0.3 is 14.2 Å². The predicted molar refractivity (Wildman–Crippen MR) is 103 cm³/mol. The fourth-order valence-corrected chi connectivity index (χ4v) is 2.64. The Kier molecular flexibility index (Phi) is 6.15. The van der Waals surface area contributed by atoms with E-state index in [0.717, 1.165) is 18.4 Å². The maximum absolute atomic E-state index is 12.6. The van der Waals surface area contributed by atoms with Crippen LogP contribution in [0.2, 0.25) is 0 Å². The fraction of sp³-hybridized carbons (Fsp3) is 0.167. The number of alkyl halides is 3. The summed E-state index contributed by atoms with van der Waals surface area (Å²) in [5.74, 6) is 0.560. The zero-order chi connectivity index (χ0) is 22.6. The molecule has 1 aromatic heterocycles. The molecule has 2 aromatic carbocycles. The maximum Gasteiger partial charge on any atom is 0.416 e. The summed E-state index contributed by atoms with van der Waals surface area (Å²) in [6.07, 6.45) is -3.49. The van der Waals surface area contributed by atoms with Gasteiger partial charge in [0.1, 0.15) is 17.2 Å². The Hall–Kier alpha value is -3.61. The lowest BCUT2D eigenvalue weighted by Crippen LogP contribution is -2.13. The monoisotopic (exact) mass is 456 g/mol. The van der Waals surface area contributed by atoms with Crippen LogP contribution in [0.1, 0.15) is 5.56 Å². The van der Waals surface area contributed by atoms with Crippen molar-refractivity contribution in [3.63, 3.8) is 0 Å². The molecule has 0 spiro atoms. The highest BCUT2D eigenvalue weighted by Gasteiger charge is 2.30. The Balaban J connectivity index is 1.71. The second-order valence-corrected chi connectivity index (χ2v) is 7.75. The Labute approximate surface area is 174 Å². The van der Waals surface area contributed by atoms with Gasteiger partial charge in [0, 0.05) is 0 Å². The number of methoxy groups -OCH3 is 1. The lowest BCUT2D eigenvalue weighted by atomic mass is 10.2. The molecule has 0 bridgehead atoms. The van der Waals surface area contributed by atoms with Crippen LogP contribution >= 0.6 is 0 Å². The van der Waals surface area contributed by atoms with Crippen LogP contribution in [-0.4, -0.2) is 36.7 Å². The molecule has 13 heteroatoms. The van der Waals surface area contributed by atoms with Gasteiger partial charge in [-0.15, -0.1) is 4.98 Å². The second kappa shape index (κ2) is 8.63. The number of anilines is 1. The Morgan fingerprint density at radius 2 is 1.29 bits per heavy atom. The summed E-state index contributed by atoms with van der Waals surface area (Å²) in [7, 11) is -2.34. The van der Waals surface area contributed by atoms with Gasteiger partial charge >= 0.3 is 18.2 Å². The minimum atomic E-state index is -4.42. The maximum atomic E-state index is 12.6. The largest absolute Gasteiger partial charge is 0.467 e. The smallest absolute Gasteiger partial charge is 0.416 e. The Bertz CT molecular complexity index is 1150. The zero-order valence-corrected chi connectivity index (χ0v) is 16.9. The third-order valence-electron chi connectivity index (χ3n) is 3.50. The van der Waals surface area contributed by atoms with E-state index in [0.29, 0.717) is 5.75 Å². The summed E-state index contributed by atoms with van der Waals surface area (Å²) in [6.45, 7) is 0. The van der Waals surface area contributed by atoms with Gasteiger partial charge in [0.15, 0.2) is 0 Å². The van der Waals surface area contributed by atoms with E-state index in [1.807, 2.05) is 0 Å². The number of ether oxygens (including phenoxy) is 3. The molecule has 0 radical (unpaired) electrons. The van der Waals surface area contributed by atoms with E-state index < -0.39 is 21.8 Å². The van der Waals surface area contributed by atoms with Crippen LogP contribution in [0.4, 0.5) is 19.1 Å². The van der Waals surface area contributed by atoms with Gasteiger partial charge in [-0.1, -0.05) is 0 Å². The molecule has 1 N–H and O–H groups in total. The molecule has 0 atom stereocenters. The first kappa shape index (κ1) is 22.1. The number of rotatable bonds is 7. The number of sulfonamides is 1. The van der Waals surface area contributed by atoms with Crippen molar-refractivity contribution in [2.24, 2.45) is 0 Å². The fourth-order valence-electron chi connectivity index (χ4n) is 2.22. The van der Waals surface area contributed by atoms with E-state index in [4.69, 9.17) is 14.2 Å². The molecular formula is C18H15F3N4O5S. The number of nitrogens with zero attached hydrogens (tertiary/aromatic N) is 3. The molecule has 3 rings (SSSR count). The Morgan fingerprint density at radius 1 is 0.806 bits per heavy atom. The van der Waals surface area contributed by atoms with E-state index in [2.05, 4.69) is 19.7 Å². The third-order valence-corrected chi connectivity index (χ3v) is 4.06. The van der Waals surface area contributed by atoms with Crippen molar-refractivity contribution in [1.29, 1.82) is 0 Å². The van der Waals surface area contributed by atoms with E-state index >= 15 is 0 Å². The van der Waals surface area contributed by atoms with E-state index in [9.17, 15) is 21.6 Å². The lowest BCUT2D eigenvalue weighted by Gasteiger charge is -2.10. The molecule has 0 amide bonds. The number of halogens is 3. The van der Waals surface area contributed by atoms with Crippen molar-refractivity contribution >= 4 is 16.0 Å². The molecule has 31 heavy (non-hydrogen) atoms. The second-order valence-electron chi connectivity index (χ2n) is 6.00. The molecule has 9 nitrogen and oxygen atoms in total. The first-order valence-electron chi connectivity index (χ1n) is 8.43. The van der Waals surface area contributed by atoms with Gasteiger partial charge in [0.2, 0.25) is 16.0 Å². The topological polar surface area (TPSA) is 113 Å². The van der Waals surface area contributed by atoms with Crippen LogP contribution in [0.15, 0.2) is 48.5 Å². The number of benzene rings is 2. The van der Waals surface area contributed by atoms with Crippen molar-refractivity contribution in [2.75, 3.05) is 18.1 Å². The first-order chi connectivity index (χ1) is 14.5. The molecule has 0 saturated heterocycles. The van der Waals surface area contributed by atoms with E-state index in [1.165, 1.54) is 43.5 Å². The summed E-state index contributed by atoms with van der Waals surface area (Å²) in [5.41, 5.74) is -0.777. The highest BCUT2D eigenvalue weighted by atomic mass is 32.2. The average molecular weight is 456 g/mol. The van der Waals surface area contributed by atoms with E-state index in [1.54, 1.807) is 0 Å². The highest BCUT2D eigenvalue weighted by Crippen LogP contribution is 2.32. The van der Waals surface area contributed by atoms with Crippen molar-refractivity contribution in [2.45, 2.75) is 6.18 Å². The number of hydrogen-bond acceptors (Lipinski definition) is 8. The minimum Gasteiger partial charge on any atom is -0.467 e. The van der Waals surface area contributed by atoms with Crippen LogP contribution in [0, 0.1) is 0 Å². The number of aromatic nitrogens is 3. The van der Waals surface area contributed by atoms with Gasteiger partial charge in [-0.05, 0) is 48.5 Å². The predicted octanol–water partition coefficient (Wildman–Crippen LogP) is 3.86. The SMILES string of the molecule is COc1nc(NS(C)(=O)=O)nc(Oc2ccc(Oc3ccc(C(F)(F)F)cc3)cc2)n1. The Morgan fingerprint density at radius 3 is 1.77 bits per heavy atom. The van der Waals surface area contributed by atoms with Crippen molar-refractivity contribution in [3.05, 3.63) is 54.1 Å². The number of nitrogens with one attached hydrogen (secondary N) is 1. The summed E-state index contributed by atoms with van der Waals surface area (Å²) < 4.78 is 78.5. The molecule has 0 aliphatic heterocycles. The van der Waals surface area contributed by atoms with Gasteiger partial charge in [0.05, 0.1) is 18.9 Å². The summed E-state index contributed by atoms with van der Waals surface area (Å²) in [6, 6.07) is 9.89. The summed E-state index contributed by atoms with van der Waals surface area (Å²) in [5, 5.41) is 0. The third kappa shape index (κ3) is 6.44. The van der Waals surface area contributed by atoms with Crippen LogP contribution in [0.5, 0.6) is 29.3 Å². The van der Waals surface area contributed by atoms with Gasteiger partial charge in [-0.3, -0.25) is 4.72 Å². The lowest BCUT2D eigenvalue weighted by molar-refractivity contribution is -0.137. The quantitative estimate of drug-likeness (QED) is 0.571. The van der Waals surface area contributed by atoms with Crippen molar-refractivity contribution in [3.8, 4) is 29.3 Å². The van der Waals surface area contributed by atoms with Gasteiger partial charge in [0.25, 0.3) is 0 Å². The van der Waals surface area contributed by atoms with Gasteiger partial charge in [-0.25, -0.2) is 8.42 Å². The summed E-state index contributed by atoms with van der Waals surface area (Å²) >= 11 is 0. The van der Waals surface area contributed by atoms with Crippen LogP contribution < -0.4 is 18.9 Å². The van der Waals surface area contributed by atoms with Crippen LogP contribution in [-0.2, 0) is 16.2 Å². The molecule has 0 fully saturated rings. The van der Waals surface area contributed by atoms with Gasteiger partial charge in [-0.2, -0.15) is 23.1 Å². The molecule has 164 valence electrons. The molecular weight excluding hydrogens is 441 g/mol. The number of hydrogen-bond donors (Lipinski definition) is 1. The van der Waals surface area contributed by atoms with Crippen LogP contribution in [0.3, 0.4) is 0 Å². The molecule has 3 aromatic rings. The van der Waals surface area contributed by atoms with E-state index in [-0.39, 0.29) is 29.5 Å². The molecule has 0 aliphatic carbocycles. The zero-order valence-electron chi connectivity index (χ0n) is 16.0. The standard InChI is InChI=1S/C18H15F3N4O5S/c1-28-16-22-15(25-31(2,26)27)23-17(24-16)30-14-9-7-13(8-10-14)29-12-5-3-11(4-6-12)18(19,20)21/h3-10H,1-2H3,(H,22,23,24,25). The summed E-state index contributed by atoms with van der Waals surface area (Å²) in [4.78, 5) is 11.5. The van der Waals surface area contributed by atoms with Crippen molar-refractivity contribution < 1.29 is 35.8 Å². The van der Waals surface area contributed by atoms with Crippen molar-refractivity contribution in [1.82, 2.24) is 15.0 Å². The normalized spacial score (nSPS) is 11.6. The van der Waals surface area contributed by atoms with Crippen LogP contribution in [0.25, 0.3) is 0 Å². The molecule has 0 aliphatic rings. The molecule has 0 saturated carbocycles. The highest BCUT2D eigenvalue weighted by molar-refractivity contribution is 7.91. The minimum absolute atomic E-state index is 0.168. The first-order valence-corrected chi connectivity index (χ1v) is 10.3. The average Bonchev–Trinajstić information content (AvgIpc) is 2.67. The molecule has 0 unspecified atom stereocenters.